The molecule has 0 saturated carbocycles. The van der Waals surface area contributed by atoms with Crippen LogP contribution in [-0.4, -0.2) is 28.0 Å². The van der Waals surface area contributed by atoms with Crippen LogP contribution >= 0.6 is 24.0 Å². The number of thioether (sulfide) groups is 1. The first kappa shape index (κ1) is 24.9. The van der Waals surface area contributed by atoms with E-state index >= 15 is 0 Å². The smallest absolute Gasteiger partial charge is 0.248 e. The summed E-state index contributed by atoms with van der Waals surface area (Å²) in [6.07, 6.45) is 0. The summed E-state index contributed by atoms with van der Waals surface area (Å²) >= 11 is 6.79. The molecule has 0 fully saturated rings. The number of carbonyl (C=O) groups excluding carboxylic acids is 3. The number of rotatable bonds is 8. The van der Waals surface area contributed by atoms with Crippen molar-refractivity contribution in [1.29, 1.82) is 0 Å². The SMILES string of the molecule is CC(=O)c1ccc(NC(=S)Nc2cccc(SC(C)C(=O)Nc3ccc(C(N)=O)cc3)c2)cc1. The minimum absolute atomic E-state index is 0.00506. The fourth-order valence-electron chi connectivity index (χ4n) is 2.95. The van der Waals surface area contributed by atoms with E-state index in [0.717, 1.165) is 16.3 Å². The number of anilines is 3. The van der Waals surface area contributed by atoms with Gasteiger partial charge in [0.15, 0.2) is 10.9 Å². The van der Waals surface area contributed by atoms with Gasteiger partial charge in [-0.3, -0.25) is 14.4 Å². The van der Waals surface area contributed by atoms with Gasteiger partial charge in [0.1, 0.15) is 0 Å². The van der Waals surface area contributed by atoms with Crippen LogP contribution in [0.5, 0.6) is 0 Å². The van der Waals surface area contributed by atoms with Crippen molar-refractivity contribution in [3.8, 4) is 0 Å². The second-order valence-corrected chi connectivity index (χ2v) is 9.25. The Bertz CT molecular complexity index is 1210. The molecule has 0 aliphatic heterocycles. The van der Waals surface area contributed by atoms with E-state index in [-0.39, 0.29) is 16.9 Å². The highest BCUT2D eigenvalue weighted by atomic mass is 32.2. The zero-order valence-corrected chi connectivity index (χ0v) is 20.3. The molecule has 3 aromatic rings. The third-order valence-electron chi connectivity index (χ3n) is 4.76. The molecule has 0 aliphatic rings. The van der Waals surface area contributed by atoms with Crippen LogP contribution in [0.4, 0.5) is 17.1 Å². The molecular weight excluding hydrogens is 468 g/mol. The molecule has 9 heteroatoms. The lowest BCUT2D eigenvalue weighted by atomic mass is 10.1. The lowest BCUT2D eigenvalue weighted by Gasteiger charge is -2.14. The molecule has 3 aromatic carbocycles. The van der Waals surface area contributed by atoms with E-state index in [4.69, 9.17) is 18.0 Å². The Labute approximate surface area is 207 Å². The van der Waals surface area contributed by atoms with E-state index in [0.29, 0.717) is 21.9 Å². The van der Waals surface area contributed by atoms with Gasteiger partial charge in [0.2, 0.25) is 11.8 Å². The molecule has 34 heavy (non-hydrogen) atoms. The number of ketones is 1. The van der Waals surface area contributed by atoms with Gasteiger partial charge in [-0.2, -0.15) is 0 Å². The summed E-state index contributed by atoms with van der Waals surface area (Å²) < 4.78 is 0. The van der Waals surface area contributed by atoms with Gasteiger partial charge < -0.3 is 21.7 Å². The molecule has 2 amide bonds. The number of nitrogens with one attached hydrogen (secondary N) is 3. The summed E-state index contributed by atoms with van der Waals surface area (Å²) in [5.41, 5.74) is 8.38. The molecule has 7 nitrogen and oxygen atoms in total. The van der Waals surface area contributed by atoms with Crippen LogP contribution in [0.15, 0.2) is 77.7 Å². The van der Waals surface area contributed by atoms with Crippen molar-refractivity contribution in [3.05, 3.63) is 83.9 Å². The number of primary amides is 1. The van der Waals surface area contributed by atoms with Crippen LogP contribution in [0.1, 0.15) is 34.6 Å². The van der Waals surface area contributed by atoms with Crippen molar-refractivity contribution in [2.24, 2.45) is 5.73 Å². The molecular formula is C25H24N4O3S2. The standard InChI is InChI=1S/C25H24N4O3S2/c1-15(30)17-6-10-20(11-7-17)28-25(33)29-21-4-3-5-22(14-21)34-16(2)24(32)27-19-12-8-18(9-13-19)23(26)31/h3-14,16H,1-2H3,(H2,26,31)(H,27,32)(H2,28,29,33). The van der Waals surface area contributed by atoms with E-state index in [1.54, 1.807) is 48.5 Å². The predicted molar refractivity (Wildman–Crippen MR) is 142 cm³/mol. The van der Waals surface area contributed by atoms with Crippen LogP contribution < -0.4 is 21.7 Å². The molecule has 0 saturated heterocycles. The highest BCUT2D eigenvalue weighted by molar-refractivity contribution is 8.00. The molecule has 0 aliphatic carbocycles. The van der Waals surface area contributed by atoms with Gasteiger partial charge in [-0.15, -0.1) is 11.8 Å². The Kier molecular flexibility index (Phi) is 8.39. The number of thiocarbonyl (C=S) groups is 1. The molecule has 5 N–H and O–H groups in total. The van der Waals surface area contributed by atoms with E-state index in [1.807, 2.05) is 31.2 Å². The fraction of sp³-hybridized carbons (Fsp3) is 0.120. The van der Waals surface area contributed by atoms with Crippen molar-refractivity contribution in [2.45, 2.75) is 24.0 Å². The molecule has 0 spiro atoms. The van der Waals surface area contributed by atoms with Gasteiger partial charge >= 0.3 is 0 Å². The average Bonchev–Trinajstić information content (AvgIpc) is 2.80. The quantitative estimate of drug-likeness (QED) is 0.201. The molecule has 1 unspecified atom stereocenters. The molecule has 3 rings (SSSR count). The molecule has 0 radical (unpaired) electrons. The van der Waals surface area contributed by atoms with Gasteiger partial charge in [-0.05, 0) is 92.8 Å². The van der Waals surface area contributed by atoms with E-state index in [1.165, 1.54) is 18.7 Å². The number of carbonyl (C=O) groups is 3. The summed E-state index contributed by atoms with van der Waals surface area (Å²) in [6, 6.07) is 21.1. The van der Waals surface area contributed by atoms with Gasteiger partial charge in [0.25, 0.3) is 0 Å². The molecule has 1 atom stereocenters. The number of amides is 2. The van der Waals surface area contributed by atoms with E-state index < -0.39 is 5.91 Å². The number of hydrogen-bond donors (Lipinski definition) is 4. The van der Waals surface area contributed by atoms with Crippen molar-refractivity contribution < 1.29 is 14.4 Å². The first-order valence-electron chi connectivity index (χ1n) is 10.4. The van der Waals surface area contributed by atoms with Crippen molar-refractivity contribution in [3.63, 3.8) is 0 Å². The van der Waals surface area contributed by atoms with Gasteiger partial charge in [-0.1, -0.05) is 6.07 Å². The summed E-state index contributed by atoms with van der Waals surface area (Å²) in [4.78, 5) is 36.0. The Balaban J connectivity index is 1.55. The number of hydrogen-bond acceptors (Lipinski definition) is 5. The van der Waals surface area contributed by atoms with Crippen LogP contribution in [0.3, 0.4) is 0 Å². The second-order valence-electron chi connectivity index (χ2n) is 7.43. The van der Waals surface area contributed by atoms with Gasteiger partial charge in [0.05, 0.1) is 5.25 Å². The largest absolute Gasteiger partial charge is 0.366 e. The Morgan fingerprint density at radius 2 is 1.38 bits per heavy atom. The highest BCUT2D eigenvalue weighted by Gasteiger charge is 2.15. The Hall–Kier alpha value is -3.69. The highest BCUT2D eigenvalue weighted by Crippen LogP contribution is 2.27. The molecule has 0 heterocycles. The van der Waals surface area contributed by atoms with Crippen LogP contribution in [-0.2, 0) is 4.79 Å². The lowest BCUT2D eigenvalue weighted by molar-refractivity contribution is -0.115. The normalized spacial score (nSPS) is 11.2. The minimum Gasteiger partial charge on any atom is -0.366 e. The maximum atomic E-state index is 12.6. The zero-order chi connectivity index (χ0) is 24.7. The molecule has 0 aromatic heterocycles. The van der Waals surface area contributed by atoms with Crippen molar-refractivity contribution in [2.75, 3.05) is 16.0 Å². The number of benzene rings is 3. The first-order valence-corrected chi connectivity index (χ1v) is 11.7. The summed E-state index contributed by atoms with van der Waals surface area (Å²) in [5.74, 6) is -0.678. The molecule has 0 bridgehead atoms. The Morgan fingerprint density at radius 3 is 1.97 bits per heavy atom. The number of Topliss-reactive ketones (excluding diaryl/α,β-unsaturated/α-hetero) is 1. The lowest BCUT2D eigenvalue weighted by Crippen LogP contribution is -2.22. The monoisotopic (exact) mass is 492 g/mol. The predicted octanol–water partition coefficient (Wildman–Crippen LogP) is 4.92. The summed E-state index contributed by atoms with van der Waals surface area (Å²) in [5, 5.41) is 9.08. The Morgan fingerprint density at radius 1 is 0.824 bits per heavy atom. The second kappa shape index (κ2) is 11.4. The third kappa shape index (κ3) is 7.16. The van der Waals surface area contributed by atoms with Crippen molar-refractivity contribution in [1.82, 2.24) is 0 Å². The summed E-state index contributed by atoms with van der Waals surface area (Å²) in [7, 11) is 0. The van der Waals surface area contributed by atoms with E-state index in [2.05, 4.69) is 16.0 Å². The van der Waals surface area contributed by atoms with Gasteiger partial charge in [-0.25, -0.2) is 0 Å². The maximum absolute atomic E-state index is 12.6. The molecule has 174 valence electrons. The topological polar surface area (TPSA) is 113 Å². The maximum Gasteiger partial charge on any atom is 0.248 e. The fourth-order valence-corrected chi connectivity index (χ4v) is 4.11. The van der Waals surface area contributed by atoms with Crippen LogP contribution in [0, 0.1) is 0 Å². The van der Waals surface area contributed by atoms with Crippen LogP contribution in [0.2, 0.25) is 0 Å². The van der Waals surface area contributed by atoms with Gasteiger partial charge in [0, 0.05) is 33.1 Å². The summed E-state index contributed by atoms with van der Waals surface area (Å²) in [6.45, 7) is 3.33. The van der Waals surface area contributed by atoms with Crippen molar-refractivity contribution >= 4 is 63.8 Å². The first-order chi connectivity index (χ1) is 16.2. The third-order valence-corrected chi connectivity index (χ3v) is 6.06. The number of nitrogens with two attached hydrogens (primary N) is 1. The average molecular weight is 493 g/mol. The minimum atomic E-state index is -0.518. The van der Waals surface area contributed by atoms with E-state index in [9.17, 15) is 14.4 Å². The van der Waals surface area contributed by atoms with Crippen LogP contribution in [0.25, 0.3) is 0 Å². The zero-order valence-electron chi connectivity index (χ0n) is 18.6.